The number of carbonyl (C=O) groups excluding carboxylic acids is 1. The summed E-state index contributed by atoms with van der Waals surface area (Å²) >= 11 is 0. The predicted molar refractivity (Wildman–Crippen MR) is 85.9 cm³/mol. The van der Waals surface area contributed by atoms with Crippen LogP contribution in [0.3, 0.4) is 0 Å². The molecule has 0 unspecified atom stereocenters. The van der Waals surface area contributed by atoms with Gasteiger partial charge in [0.15, 0.2) is 11.4 Å². The molecule has 2 rings (SSSR count). The maximum Gasteiger partial charge on any atom is 0.358 e. The minimum atomic E-state index is -1.14. The lowest BCUT2D eigenvalue weighted by molar-refractivity contribution is -0.140. The van der Waals surface area contributed by atoms with Crippen molar-refractivity contribution in [3.63, 3.8) is 0 Å². The van der Waals surface area contributed by atoms with E-state index in [0.717, 1.165) is 11.1 Å². The highest BCUT2D eigenvalue weighted by Gasteiger charge is 2.12. The average molecular weight is 328 g/mol. The molecular weight excluding hydrogens is 312 g/mol. The highest BCUT2D eigenvalue weighted by atomic mass is 16.7. The van der Waals surface area contributed by atoms with E-state index in [1.165, 1.54) is 13.1 Å². The number of rotatable bonds is 6. The van der Waals surface area contributed by atoms with Crippen LogP contribution in [-0.4, -0.2) is 27.7 Å². The highest BCUT2D eigenvalue weighted by Crippen LogP contribution is 2.17. The normalized spacial score (nSPS) is 11.0. The van der Waals surface area contributed by atoms with Gasteiger partial charge in [-0.1, -0.05) is 29.4 Å². The van der Waals surface area contributed by atoms with Gasteiger partial charge in [0.25, 0.3) is 0 Å². The summed E-state index contributed by atoms with van der Waals surface area (Å²) in [6.07, 6.45) is 1.40. The molecule has 0 aliphatic carbocycles. The Kier molecular flexibility index (Phi) is 5.62. The third kappa shape index (κ3) is 4.64. The summed E-state index contributed by atoms with van der Waals surface area (Å²) < 4.78 is 5.52. The minimum absolute atomic E-state index is 0.126. The topological polar surface area (TPSA) is 98.1 Å². The minimum Gasteiger partial charge on any atom is -0.486 e. The van der Waals surface area contributed by atoms with Gasteiger partial charge >= 0.3 is 11.9 Å². The van der Waals surface area contributed by atoms with Gasteiger partial charge in [-0.05, 0) is 30.2 Å². The zero-order chi connectivity index (χ0) is 17.5. The van der Waals surface area contributed by atoms with E-state index in [0.29, 0.717) is 5.71 Å². The van der Waals surface area contributed by atoms with E-state index >= 15 is 0 Å². The summed E-state index contributed by atoms with van der Waals surface area (Å²) in [6, 6.07) is 10.4. The van der Waals surface area contributed by atoms with Crippen molar-refractivity contribution in [3.05, 3.63) is 59.4 Å². The molecule has 0 bridgehead atoms. The molecule has 1 aromatic carbocycles. The molecule has 0 saturated heterocycles. The van der Waals surface area contributed by atoms with Gasteiger partial charge < -0.3 is 14.7 Å². The van der Waals surface area contributed by atoms with Crippen molar-refractivity contribution in [1.29, 1.82) is 0 Å². The lowest BCUT2D eigenvalue weighted by Crippen LogP contribution is -2.05. The number of aromatic carboxylic acids is 1. The highest BCUT2D eigenvalue weighted by molar-refractivity contribution is 5.98. The van der Waals surface area contributed by atoms with Crippen LogP contribution in [0, 0.1) is 0 Å². The maximum atomic E-state index is 11.1. The molecule has 2 aromatic rings. The van der Waals surface area contributed by atoms with E-state index in [1.807, 2.05) is 24.3 Å². The molecule has 0 aliphatic heterocycles. The fourth-order valence-electron chi connectivity index (χ4n) is 1.86. The van der Waals surface area contributed by atoms with Crippen molar-refractivity contribution in [2.75, 3.05) is 0 Å². The van der Waals surface area contributed by atoms with Crippen LogP contribution in [0.15, 0.2) is 47.8 Å². The molecule has 0 aliphatic rings. The van der Waals surface area contributed by atoms with Gasteiger partial charge in [0.2, 0.25) is 0 Å². The van der Waals surface area contributed by atoms with Gasteiger partial charge in [-0.3, -0.25) is 0 Å². The molecule has 124 valence electrons. The molecule has 0 radical (unpaired) electrons. The fraction of sp³-hybridized carbons (Fsp3) is 0.176. The number of pyridine rings is 1. The molecule has 0 fully saturated rings. The second kappa shape index (κ2) is 7.87. The first-order valence-electron chi connectivity index (χ1n) is 7.10. The van der Waals surface area contributed by atoms with Gasteiger partial charge in [-0.15, -0.1) is 0 Å². The quantitative estimate of drug-likeness (QED) is 0.497. The van der Waals surface area contributed by atoms with E-state index in [1.54, 1.807) is 19.1 Å². The number of ether oxygens (including phenoxy) is 1. The van der Waals surface area contributed by atoms with Crippen molar-refractivity contribution in [3.8, 4) is 5.75 Å². The van der Waals surface area contributed by atoms with E-state index in [4.69, 9.17) is 9.84 Å². The Morgan fingerprint density at radius 3 is 2.50 bits per heavy atom. The Morgan fingerprint density at radius 1 is 1.17 bits per heavy atom. The Morgan fingerprint density at radius 2 is 1.88 bits per heavy atom. The summed E-state index contributed by atoms with van der Waals surface area (Å²) in [5.41, 5.74) is 2.09. The second-order valence-electron chi connectivity index (χ2n) is 4.90. The van der Waals surface area contributed by atoms with Crippen LogP contribution in [-0.2, 0) is 16.2 Å². The largest absolute Gasteiger partial charge is 0.486 e. The molecule has 0 saturated carbocycles. The summed E-state index contributed by atoms with van der Waals surface area (Å²) in [5.74, 6) is -1.41. The lowest BCUT2D eigenvalue weighted by Gasteiger charge is -2.09. The smallest absolute Gasteiger partial charge is 0.358 e. The molecule has 24 heavy (non-hydrogen) atoms. The van der Waals surface area contributed by atoms with Crippen LogP contribution >= 0.6 is 0 Å². The van der Waals surface area contributed by atoms with Crippen LogP contribution in [0.1, 0.15) is 35.5 Å². The number of oxime groups is 1. The molecule has 1 heterocycles. The van der Waals surface area contributed by atoms with Crippen LogP contribution in [0.5, 0.6) is 5.75 Å². The first kappa shape index (κ1) is 17.1. The number of carboxylic acid groups (broad SMARTS) is 1. The lowest BCUT2D eigenvalue weighted by atomic mass is 10.1. The number of benzene rings is 1. The zero-order valence-electron chi connectivity index (χ0n) is 13.2. The summed E-state index contributed by atoms with van der Waals surface area (Å²) in [6.45, 7) is 3.21. The van der Waals surface area contributed by atoms with Crippen LogP contribution in [0.4, 0.5) is 0 Å². The van der Waals surface area contributed by atoms with Gasteiger partial charge in [0, 0.05) is 13.1 Å². The molecule has 0 amide bonds. The SMILES string of the molecule is CC(=O)O/N=C(\C)c1ccc(COc2cccnc2C(=O)O)cc1. The molecule has 0 atom stereocenters. The monoisotopic (exact) mass is 328 g/mol. The van der Waals surface area contributed by atoms with Crippen molar-refractivity contribution in [2.24, 2.45) is 5.16 Å². The Hall–Kier alpha value is -3.22. The van der Waals surface area contributed by atoms with Crippen LogP contribution in [0.25, 0.3) is 0 Å². The van der Waals surface area contributed by atoms with Gasteiger partial charge in [0.05, 0.1) is 5.71 Å². The molecular formula is C17H16N2O5. The summed E-state index contributed by atoms with van der Waals surface area (Å²) in [7, 11) is 0. The molecule has 1 N–H and O–H groups in total. The third-order valence-electron chi connectivity index (χ3n) is 3.05. The molecule has 7 nitrogen and oxygen atoms in total. The van der Waals surface area contributed by atoms with E-state index in [2.05, 4.69) is 15.0 Å². The molecule has 7 heteroatoms. The Balaban J connectivity index is 2.04. The average Bonchev–Trinajstić information content (AvgIpc) is 2.58. The Bertz CT molecular complexity index is 769. The van der Waals surface area contributed by atoms with Gasteiger partial charge in [-0.25, -0.2) is 14.6 Å². The zero-order valence-corrected chi connectivity index (χ0v) is 13.2. The number of carboxylic acids is 1. The summed E-state index contributed by atoms with van der Waals surface area (Å²) in [5, 5.41) is 12.8. The van der Waals surface area contributed by atoms with Crippen molar-refractivity contribution >= 4 is 17.7 Å². The van der Waals surface area contributed by atoms with Gasteiger partial charge in [-0.2, -0.15) is 0 Å². The first-order valence-corrected chi connectivity index (χ1v) is 7.10. The predicted octanol–water partition coefficient (Wildman–Crippen LogP) is 2.65. The van der Waals surface area contributed by atoms with Crippen molar-refractivity contribution in [1.82, 2.24) is 4.98 Å². The third-order valence-corrected chi connectivity index (χ3v) is 3.05. The van der Waals surface area contributed by atoms with E-state index < -0.39 is 11.9 Å². The Labute approximate surface area is 138 Å². The fourth-order valence-corrected chi connectivity index (χ4v) is 1.86. The van der Waals surface area contributed by atoms with E-state index in [9.17, 15) is 9.59 Å². The number of hydrogen-bond donors (Lipinski definition) is 1. The standard InChI is InChI=1S/C17H16N2O5/c1-11(19-24-12(2)20)14-7-5-13(6-8-14)10-23-15-4-3-9-18-16(15)17(21)22/h3-9H,10H2,1-2H3,(H,21,22)/b19-11+. The maximum absolute atomic E-state index is 11.1. The molecule has 0 spiro atoms. The first-order chi connectivity index (χ1) is 11.5. The molecule has 1 aromatic heterocycles. The number of hydrogen-bond acceptors (Lipinski definition) is 6. The van der Waals surface area contributed by atoms with Crippen molar-refractivity contribution in [2.45, 2.75) is 20.5 Å². The summed E-state index contributed by atoms with van der Waals surface area (Å²) in [4.78, 5) is 30.2. The second-order valence-corrected chi connectivity index (χ2v) is 4.90. The van der Waals surface area contributed by atoms with Gasteiger partial charge in [0.1, 0.15) is 6.61 Å². The number of nitrogens with zero attached hydrogens (tertiary/aromatic N) is 2. The van der Waals surface area contributed by atoms with Crippen LogP contribution < -0.4 is 4.74 Å². The van der Waals surface area contributed by atoms with Crippen LogP contribution in [0.2, 0.25) is 0 Å². The van der Waals surface area contributed by atoms with Crippen molar-refractivity contribution < 1.29 is 24.3 Å². The number of carbonyl (C=O) groups is 2. The van der Waals surface area contributed by atoms with E-state index in [-0.39, 0.29) is 18.1 Å². The number of aromatic nitrogens is 1.